The van der Waals surface area contributed by atoms with Crippen LogP contribution in [0.2, 0.25) is 0 Å². The van der Waals surface area contributed by atoms with Crippen molar-refractivity contribution in [1.82, 2.24) is 0 Å². The maximum Gasteiger partial charge on any atom is 0.119 e. The summed E-state index contributed by atoms with van der Waals surface area (Å²) in [5, 5.41) is 22.7. The fourth-order valence-electron chi connectivity index (χ4n) is 3.41. The van der Waals surface area contributed by atoms with Crippen LogP contribution in [-0.2, 0) is 11.3 Å². The molecule has 4 nitrogen and oxygen atoms in total. The van der Waals surface area contributed by atoms with Crippen LogP contribution >= 0.6 is 11.3 Å². The minimum Gasteiger partial charge on any atom is -0.489 e. The summed E-state index contributed by atoms with van der Waals surface area (Å²) in [6.07, 6.45) is 0.113. The average molecular weight is 370 g/mol. The fourth-order valence-corrected chi connectivity index (χ4v) is 4.34. The Labute approximate surface area is 156 Å². The van der Waals surface area contributed by atoms with Crippen LogP contribution in [-0.4, -0.2) is 29.0 Å². The zero-order valence-corrected chi connectivity index (χ0v) is 15.2. The lowest BCUT2D eigenvalue weighted by atomic mass is 9.95. The molecule has 0 amide bonds. The number of hydrogen-bond acceptors (Lipinski definition) is 5. The van der Waals surface area contributed by atoms with Gasteiger partial charge in [0, 0.05) is 23.1 Å². The fraction of sp³-hybridized carbons (Fsp3) is 0.333. The van der Waals surface area contributed by atoms with E-state index in [1.807, 2.05) is 30.3 Å². The molecule has 3 aromatic rings. The number of aliphatic hydroxyl groups excluding tert-OH is 2. The Morgan fingerprint density at radius 2 is 1.96 bits per heavy atom. The molecule has 2 heterocycles. The lowest BCUT2D eigenvalue weighted by Crippen LogP contribution is -2.33. The molecule has 4 rings (SSSR count). The Morgan fingerprint density at radius 1 is 1.12 bits per heavy atom. The van der Waals surface area contributed by atoms with E-state index in [1.165, 1.54) is 4.70 Å². The topological polar surface area (TPSA) is 58.9 Å². The van der Waals surface area contributed by atoms with Gasteiger partial charge in [-0.1, -0.05) is 24.3 Å². The summed E-state index contributed by atoms with van der Waals surface area (Å²) in [6.45, 7) is 0.450. The molecule has 3 unspecified atom stereocenters. The lowest BCUT2D eigenvalue weighted by molar-refractivity contribution is -0.113. The lowest BCUT2D eigenvalue weighted by Gasteiger charge is -2.32. The maximum absolute atomic E-state index is 10.1. The number of rotatable bonds is 5. The van der Waals surface area contributed by atoms with Gasteiger partial charge in [-0.15, -0.1) is 11.3 Å². The highest BCUT2D eigenvalue weighted by molar-refractivity contribution is 7.17. The van der Waals surface area contributed by atoms with Crippen molar-refractivity contribution in [3.8, 4) is 5.75 Å². The van der Waals surface area contributed by atoms with Gasteiger partial charge < -0.3 is 19.7 Å². The molecule has 5 heteroatoms. The Bertz CT molecular complexity index is 861. The van der Waals surface area contributed by atoms with E-state index >= 15 is 0 Å². The molecule has 0 radical (unpaired) electrons. The van der Waals surface area contributed by atoms with Gasteiger partial charge in [-0.25, -0.2) is 0 Å². The number of hydrogen-bond donors (Lipinski definition) is 2. The molecule has 0 aliphatic carbocycles. The number of aliphatic hydroxyl groups is 2. The van der Waals surface area contributed by atoms with Crippen molar-refractivity contribution in [2.24, 2.45) is 0 Å². The number of ether oxygens (including phenoxy) is 2. The van der Waals surface area contributed by atoms with Gasteiger partial charge in [0.2, 0.25) is 0 Å². The van der Waals surface area contributed by atoms with Gasteiger partial charge in [0.05, 0.1) is 24.9 Å². The van der Waals surface area contributed by atoms with Gasteiger partial charge in [-0.05, 0) is 40.6 Å². The number of fused-ring (bicyclic) bond motifs is 1. The first kappa shape index (κ1) is 17.5. The van der Waals surface area contributed by atoms with E-state index in [0.29, 0.717) is 19.4 Å². The molecule has 0 bridgehead atoms. The summed E-state index contributed by atoms with van der Waals surface area (Å²) in [5.74, 6) is 0.854. The van der Waals surface area contributed by atoms with Gasteiger partial charge >= 0.3 is 0 Å². The molecule has 1 fully saturated rings. The highest BCUT2D eigenvalue weighted by Crippen LogP contribution is 2.35. The van der Waals surface area contributed by atoms with Crippen LogP contribution in [0.4, 0.5) is 0 Å². The van der Waals surface area contributed by atoms with Crippen molar-refractivity contribution in [1.29, 1.82) is 0 Å². The van der Waals surface area contributed by atoms with Gasteiger partial charge in [-0.2, -0.15) is 0 Å². The van der Waals surface area contributed by atoms with Crippen molar-refractivity contribution < 1.29 is 19.7 Å². The Hall–Kier alpha value is -1.92. The largest absolute Gasteiger partial charge is 0.489 e. The summed E-state index contributed by atoms with van der Waals surface area (Å²) >= 11 is 1.70. The van der Waals surface area contributed by atoms with E-state index in [4.69, 9.17) is 9.47 Å². The Balaban J connectivity index is 1.56. The number of para-hydroxylation sites is 1. The summed E-state index contributed by atoms with van der Waals surface area (Å²) in [7, 11) is 0. The first-order valence-electron chi connectivity index (χ1n) is 8.85. The molecule has 0 spiro atoms. The van der Waals surface area contributed by atoms with Crippen molar-refractivity contribution >= 4 is 21.4 Å². The van der Waals surface area contributed by atoms with E-state index in [1.54, 1.807) is 11.3 Å². The van der Waals surface area contributed by atoms with Crippen LogP contribution in [0.5, 0.6) is 5.75 Å². The zero-order valence-electron chi connectivity index (χ0n) is 14.4. The molecular formula is C21H22O4S. The summed E-state index contributed by atoms with van der Waals surface area (Å²) in [6, 6.07) is 16.1. The minimum atomic E-state index is -0.440. The monoisotopic (exact) mass is 370 g/mol. The summed E-state index contributed by atoms with van der Waals surface area (Å²) in [4.78, 5) is 0. The van der Waals surface area contributed by atoms with Crippen LogP contribution in [0.15, 0.2) is 53.9 Å². The Morgan fingerprint density at radius 3 is 2.77 bits per heavy atom. The van der Waals surface area contributed by atoms with Crippen LogP contribution in [0.1, 0.15) is 30.1 Å². The molecule has 1 saturated heterocycles. The van der Waals surface area contributed by atoms with Crippen molar-refractivity contribution in [3.05, 3.63) is 65.0 Å². The normalized spacial score (nSPS) is 23.2. The second-order valence-electron chi connectivity index (χ2n) is 6.67. The van der Waals surface area contributed by atoms with E-state index < -0.39 is 6.10 Å². The standard InChI is InChI=1S/C21H22O4S/c22-11-18-9-16(23)10-20(25-18)14-6-7-21-19(8-14)15(13-26-21)12-24-17-4-2-1-3-5-17/h1-8,13,16,18,20,22-23H,9-12H2. The second-order valence-corrected chi connectivity index (χ2v) is 7.58. The first-order valence-corrected chi connectivity index (χ1v) is 9.73. The zero-order chi connectivity index (χ0) is 17.9. The van der Waals surface area contributed by atoms with E-state index in [9.17, 15) is 10.2 Å². The maximum atomic E-state index is 10.1. The molecule has 0 saturated carbocycles. The highest BCUT2D eigenvalue weighted by Gasteiger charge is 2.29. The third kappa shape index (κ3) is 3.76. The molecule has 3 atom stereocenters. The predicted molar refractivity (Wildman–Crippen MR) is 103 cm³/mol. The van der Waals surface area contributed by atoms with Crippen LogP contribution < -0.4 is 4.74 Å². The highest BCUT2D eigenvalue weighted by atomic mass is 32.1. The van der Waals surface area contributed by atoms with Crippen LogP contribution in [0.25, 0.3) is 10.1 Å². The van der Waals surface area contributed by atoms with Gasteiger partial charge in [0.1, 0.15) is 12.4 Å². The number of thiophene rings is 1. The molecule has 26 heavy (non-hydrogen) atoms. The molecule has 2 N–H and O–H groups in total. The van der Waals surface area contributed by atoms with Crippen molar-refractivity contribution in [3.63, 3.8) is 0 Å². The van der Waals surface area contributed by atoms with E-state index in [2.05, 4.69) is 23.6 Å². The molecule has 1 aromatic heterocycles. The average Bonchev–Trinajstić information content (AvgIpc) is 3.09. The quantitative estimate of drug-likeness (QED) is 0.711. The summed E-state index contributed by atoms with van der Waals surface area (Å²) in [5.41, 5.74) is 2.18. The third-order valence-corrected chi connectivity index (χ3v) is 5.78. The van der Waals surface area contributed by atoms with Crippen molar-refractivity contribution in [2.45, 2.75) is 37.8 Å². The molecule has 136 valence electrons. The Kier molecular flexibility index (Phi) is 5.22. The second kappa shape index (κ2) is 7.76. The van der Waals surface area contributed by atoms with Crippen LogP contribution in [0, 0.1) is 0 Å². The summed E-state index contributed by atoms with van der Waals surface area (Å²) < 4.78 is 13.1. The van der Waals surface area contributed by atoms with Gasteiger partial charge in [-0.3, -0.25) is 0 Å². The molecular weight excluding hydrogens is 348 g/mol. The smallest absolute Gasteiger partial charge is 0.119 e. The minimum absolute atomic E-state index is 0.0651. The molecule has 1 aliphatic rings. The van der Waals surface area contributed by atoms with E-state index in [-0.39, 0.29) is 18.8 Å². The third-order valence-electron chi connectivity index (χ3n) is 4.77. The van der Waals surface area contributed by atoms with Gasteiger partial charge in [0.25, 0.3) is 0 Å². The first-order chi connectivity index (χ1) is 12.7. The predicted octanol–water partition coefficient (Wildman–Crippen LogP) is 4.05. The van der Waals surface area contributed by atoms with Crippen molar-refractivity contribution in [2.75, 3.05) is 6.61 Å². The van der Waals surface area contributed by atoms with Crippen LogP contribution in [0.3, 0.4) is 0 Å². The molecule has 1 aliphatic heterocycles. The van der Waals surface area contributed by atoms with E-state index in [0.717, 1.165) is 22.3 Å². The van der Waals surface area contributed by atoms with Gasteiger partial charge in [0.15, 0.2) is 0 Å². The SMILES string of the molecule is OCC1CC(O)CC(c2ccc3scc(COc4ccccc4)c3c2)O1. The molecule has 2 aromatic carbocycles. The number of benzene rings is 2.